The highest BCUT2D eigenvalue weighted by molar-refractivity contribution is 5.96. The number of benzene rings is 2. The van der Waals surface area contributed by atoms with Gasteiger partial charge in [-0.2, -0.15) is 0 Å². The first-order valence-corrected chi connectivity index (χ1v) is 12.2. The fourth-order valence-electron chi connectivity index (χ4n) is 4.83. The Morgan fingerprint density at radius 2 is 1.81 bits per heavy atom. The monoisotopic (exact) mass is 490 g/mol. The molecule has 8 heteroatoms. The van der Waals surface area contributed by atoms with Gasteiger partial charge in [0.1, 0.15) is 6.10 Å². The summed E-state index contributed by atoms with van der Waals surface area (Å²) in [4.78, 5) is 40.3. The maximum atomic E-state index is 12.4. The molecule has 0 spiro atoms. The summed E-state index contributed by atoms with van der Waals surface area (Å²) in [6.45, 7) is 2.01. The quantitative estimate of drug-likeness (QED) is 0.372. The largest absolute Gasteiger partial charge is 0.481 e. The minimum Gasteiger partial charge on any atom is -0.481 e. The van der Waals surface area contributed by atoms with Gasteiger partial charge in [0.25, 0.3) is 0 Å². The van der Waals surface area contributed by atoms with E-state index in [1.807, 2.05) is 31.2 Å². The average Bonchev–Trinajstić information content (AvgIpc) is 3.37. The zero-order valence-corrected chi connectivity index (χ0v) is 20.2. The number of fused-ring (bicyclic) bond motifs is 1. The molecule has 1 heterocycles. The van der Waals surface area contributed by atoms with Crippen LogP contribution in [-0.4, -0.2) is 45.9 Å². The number of carboxylic acids is 2. The van der Waals surface area contributed by atoms with Gasteiger partial charge in [0.2, 0.25) is 0 Å². The first-order valence-electron chi connectivity index (χ1n) is 12.2. The van der Waals surface area contributed by atoms with E-state index in [-0.39, 0.29) is 18.2 Å². The molecule has 0 radical (unpaired) electrons. The van der Waals surface area contributed by atoms with Gasteiger partial charge in [0.05, 0.1) is 22.2 Å². The molecule has 3 N–H and O–H groups in total. The number of carbonyl (C=O) groups is 3. The second-order valence-corrected chi connectivity index (χ2v) is 9.36. The van der Waals surface area contributed by atoms with Gasteiger partial charge in [-0.05, 0) is 49.1 Å². The second-order valence-electron chi connectivity index (χ2n) is 9.36. The summed E-state index contributed by atoms with van der Waals surface area (Å²) in [5, 5.41) is 22.6. The number of hydrogen-bond acceptors (Lipinski definition) is 5. The van der Waals surface area contributed by atoms with Gasteiger partial charge in [-0.3, -0.25) is 4.79 Å². The molecule has 1 aliphatic carbocycles. The van der Waals surface area contributed by atoms with Gasteiger partial charge in [0, 0.05) is 23.9 Å². The van der Waals surface area contributed by atoms with Crippen molar-refractivity contribution < 1.29 is 29.3 Å². The number of aromatic carboxylic acids is 1. The third kappa shape index (κ3) is 5.48. The van der Waals surface area contributed by atoms with Crippen molar-refractivity contribution in [3.63, 3.8) is 0 Å². The third-order valence-electron chi connectivity index (χ3n) is 6.96. The predicted octanol–water partition coefficient (Wildman–Crippen LogP) is 5.29. The number of ether oxygens (including phenoxy) is 1. The molecule has 1 amide bonds. The lowest BCUT2D eigenvalue weighted by atomic mass is 9.86. The Balaban J connectivity index is 1.43. The molecule has 0 saturated heterocycles. The average molecular weight is 491 g/mol. The molecule has 1 saturated carbocycles. The molecule has 0 bridgehead atoms. The molecule has 36 heavy (non-hydrogen) atoms. The van der Waals surface area contributed by atoms with Crippen LogP contribution < -0.4 is 5.32 Å². The van der Waals surface area contributed by atoms with Gasteiger partial charge in [-0.15, -0.1) is 0 Å². The topological polar surface area (TPSA) is 126 Å². The van der Waals surface area contributed by atoms with Crippen molar-refractivity contribution in [2.75, 3.05) is 6.54 Å². The van der Waals surface area contributed by atoms with Crippen LogP contribution in [0.4, 0.5) is 4.79 Å². The first kappa shape index (κ1) is 25.2. The van der Waals surface area contributed by atoms with Crippen LogP contribution in [0.5, 0.6) is 0 Å². The molecular formula is C28H30N2O6. The summed E-state index contributed by atoms with van der Waals surface area (Å²) in [6.07, 6.45) is 2.99. The van der Waals surface area contributed by atoms with Crippen molar-refractivity contribution in [1.82, 2.24) is 10.3 Å². The maximum Gasteiger partial charge on any atom is 0.407 e. The van der Waals surface area contributed by atoms with E-state index in [9.17, 15) is 24.6 Å². The summed E-state index contributed by atoms with van der Waals surface area (Å²) in [5.41, 5.74) is 2.16. The van der Waals surface area contributed by atoms with Crippen LogP contribution in [0.2, 0.25) is 0 Å². The zero-order chi connectivity index (χ0) is 25.7. The molecule has 1 atom stereocenters. The Bertz CT molecular complexity index is 1280. The van der Waals surface area contributed by atoms with Gasteiger partial charge in [-0.25, -0.2) is 14.6 Å². The molecule has 0 aliphatic heterocycles. The molecule has 188 valence electrons. The number of amides is 1. The lowest BCUT2D eigenvalue weighted by Gasteiger charge is -2.24. The number of carboxylic acid groups (broad SMARTS) is 2. The highest BCUT2D eigenvalue weighted by atomic mass is 16.6. The van der Waals surface area contributed by atoms with E-state index in [2.05, 4.69) is 10.3 Å². The minimum atomic E-state index is -1.00. The smallest absolute Gasteiger partial charge is 0.407 e. The van der Waals surface area contributed by atoms with Gasteiger partial charge >= 0.3 is 18.0 Å². The standard InChI is InChI=1S/C28H30N2O6/c1-2-20(36-27(35)29-17-28(26(33)34)13-5-6-14-28)16-18-9-11-23-19(15-18)10-12-24(30-23)21-7-3-4-8-22(21)25(31)32/h3-4,7-12,15,20H,2,5-6,13-14,16-17H2,1H3,(H,29,35)(H,31,32)(H,33,34). The zero-order valence-electron chi connectivity index (χ0n) is 20.2. The maximum absolute atomic E-state index is 12.4. The lowest BCUT2D eigenvalue weighted by molar-refractivity contribution is -0.148. The van der Waals surface area contributed by atoms with E-state index in [4.69, 9.17) is 4.74 Å². The normalized spacial score (nSPS) is 15.4. The van der Waals surface area contributed by atoms with Crippen LogP contribution in [0.1, 0.15) is 54.9 Å². The van der Waals surface area contributed by atoms with Crippen molar-refractivity contribution in [1.29, 1.82) is 0 Å². The highest BCUT2D eigenvalue weighted by Crippen LogP contribution is 2.37. The van der Waals surface area contributed by atoms with E-state index in [1.165, 1.54) is 0 Å². The Morgan fingerprint density at radius 3 is 2.50 bits per heavy atom. The van der Waals surface area contributed by atoms with Gasteiger partial charge in [0.15, 0.2) is 0 Å². The number of rotatable bonds is 9. The van der Waals surface area contributed by atoms with Crippen LogP contribution in [0.25, 0.3) is 22.2 Å². The Morgan fingerprint density at radius 1 is 1.06 bits per heavy atom. The number of aromatic nitrogens is 1. The van der Waals surface area contributed by atoms with E-state index in [1.54, 1.807) is 30.3 Å². The molecule has 3 aromatic rings. The lowest BCUT2D eigenvalue weighted by Crippen LogP contribution is -2.42. The van der Waals surface area contributed by atoms with E-state index in [0.29, 0.717) is 36.9 Å². The second kappa shape index (κ2) is 10.8. The molecule has 2 aromatic carbocycles. The summed E-state index contributed by atoms with van der Waals surface area (Å²) in [5.74, 6) is -1.87. The van der Waals surface area contributed by atoms with Crippen molar-refractivity contribution in [3.05, 3.63) is 65.7 Å². The van der Waals surface area contributed by atoms with Crippen molar-refractivity contribution >= 4 is 28.9 Å². The summed E-state index contributed by atoms with van der Waals surface area (Å²) in [7, 11) is 0. The Kier molecular flexibility index (Phi) is 7.52. The molecule has 4 rings (SSSR count). The first-order chi connectivity index (χ1) is 17.3. The molecule has 1 fully saturated rings. The number of nitrogens with zero attached hydrogens (tertiary/aromatic N) is 1. The highest BCUT2D eigenvalue weighted by Gasteiger charge is 2.41. The van der Waals surface area contributed by atoms with E-state index < -0.39 is 23.4 Å². The summed E-state index contributed by atoms with van der Waals surface area (Å²) < 4.78 is 5.60. The number of pyridine rings is 1. The number of nitrogens with one attached hydrogen (secondary N) is 1. The van der Waals surface area contributed by atoms with Crippen molar-refractivity contribution in [3.8, 4) is 11.3 Å². The van der Waals surface area contributed by atoms with E-state index >= 15 is 0 Å². The van der Waals surface area contributed by atoms with Crippen LogP contribution in [-0.2, 0) is 16.0 Å². The molecule has 1 unspecified atom stereocenters. The Labute approximate surface area is 209 Å². The summed E-state index contributed by atoms with van der Waals surface area (Å²) >= 11 is 0. The van der Waals surface area contributed by atoms with Crippen LogP contribution in [0.15, 0.2) is 54.6 Å². The molecular weight excluding hydrogens is 460 g/mol. The number of aliphatic carboxylic acids is 1. The fraction of sp³-hybridized carbons (Fsp3) is 0.357. The Hall–Kier alpha value is -3.94. The SMILES string of the molecule is CCC(Cc1ccc2nc(-c3ccccc3C(=O)O)ccc2c1)OC(=O)NCC1(C(=O)O)CCCC1. The van der Waals surface area contributed by atoms with E-state index in [0.717, 1.165) is 29.3 Å². The van der Waals surface area contributed by atoms with Crippen LogP contribution in [0, 0.1) is 5.41 Å². The predicted molar refractivity (Wildman–Crippen MR) is 135 cm³/mol. The molecule has 1 aromatic heterocycles. The van der Waals surface area contributed by atoms with Crippen LogP contribution >= 0.6 is 0 Å². The van der Waals surface area contributed by atoms with Gasteiger partial charge in [-0.1, -0.05) is 50.1 Å². The van der Waals surface area contributed by atoms with Gasteiger partial charge < -0.3 is 20.3 Å². The number of alkyl carbamates (subject to hydrolysis) is 1. The number of carbonyl (C=O) groups excluding carboxylic acids is 1. The fourth-order valence-corrected chi connectivity index (χ4v) is 4.83. The van der Waals surface area contributed by atoms with Crippen molar-refractivity contribution in [2.24, 2.45) is 5.41 Å². The van der Waals surface area contributed by atoms with Crippen LogP contribution in [0.3, 0.4) is 0 Å². The summed E-state index contributed by atoms with van der Waals surface area (Å²) in [6, 6.07) is 16.3. The van der Waals surface area contributed by atoms with Crippen molar-refractivity contribution in [2.45, 2.75) is 51.6 Å². The third-order valence-corrected chi connectivity index (χ3v) is 6.96. The number of hydrogen-bond donors (Lipinski definition) is 3. The molecule has 8 nitrogen and oxygen atoms in total. The minimum absolute atomic E-state index is 0.0760. The molecule has 1 aliphatic rings.